The van der Waals surface area contributed by atoms with Gasteiger partial charge in [0, 0.05) is 6.07 Å². The molecule has 0 heterocycles. The molecule has 1 N–H and O–H groups in total. The van der Waals surface area contributed by atoms with Gasteiger partial charge in [0.15, 0.2) is 0 Å². The zero-order valence-electron chi connectivity index (χ0n) is 7.94. The van der Waals surface area contributed by atoms with Gasteiger partial charge in [-0.05, 0) is 24.3 Å². The molecule has 2 nitrogen and oxygen atoms in total. The van der Waals surface area contributed by atoms with E-state index >= 15 is 0 Å². The highest BCUT2D eigenvalue weighted by Crippen LogP contribution is 2.10. The van der Waals surface area contributed by atoms with Crippen molar-refractivity contribution in [2.75, 3.05) is 4.72 Å². The number of benzene rings is 1. The lowest BCUT2D eigenvalue weighted by atomic mass is 10.4. The molecule has 3 heteroatoms. The van der Waals surface area contributed by atoms with Gasteiger partial charge in [-0.25, -0.2) is 4.21 Å². The van der Waals surface area contributed by atoms with Gasteiger partial charge in [0.05, 0.1) is 10.6 Å². The van der Waals surface area contributed by atoms with Gasteiger partial charge in [-0.3, -0.25) is 0 Å². The first-order valence-electron chi connectivity index (χ1n) is 4.47. The number of anilines is 1. The van der Waals surface area contributed by atoms with Crippen molar-refractivity contribution in [1.82, 2.24) is 0 Å². The minimum atomic E-state index is -1.22. The van der Waals surface area contributed by atoms with Crippen molar-refractivity contribution in [3.05, 3.63) is 60.7 Å². The third-order valence-corrected chi connectivity index (χ3v) is 2.95. The van der Waals surface area contributed by atoms with Gasteiger partial charge in [0.1, 0.15) is 11.0 Å². The molecule has 0 aliphatic heterocycles. The van der Waals surface area contributed by atoms with E-state index < -0.39 is 11.0 Å². The van der Waals surface area contributed by atoms with Crippen molar-refractivity contribution < 1.29 is 4.21 Å². The predicted octanol–water partition coefficient (Wildman–Crippen LogP) is 2.42. The fourth-order valence-electron chi connectivity index (χ4n) is 1.12. The van der Waals surface area contributed by atoms with Crippen molar-refractivity contribution >= 4 is 16.7 Å². The van der Waals surface area contributed by atoms with E-state index in [4.69, 9.17) is 0 Å². The molecule has 0 amide bonds. The van der Waals surface area contributed by atoms with Crippen LogP contribution < -0.4 is 4.72 Å². The van der Waals surface area contributed by atoms with Crippen LogP contribution in [0.2, 0.25) is 0 Å². The largest absolute Gasteiger partial charge is 0.300 e. The molecule has 0 bridgehead atoms. The van der Waals surface area contributed by atoms with Crippen molar-refractivity contribution in [3.8, 4) is 0 Å². The summed E-state index contributed by atoms with van der Waals surface area (Å²) in [7, 11) is -1.22. The van der Waals surface area contributed by atoms with Crippen LogP contribution in [0.1, 0.15) is 0 Å². The molecule has 1 atom stereocenters. The Morgan fingerprint density at radius 3 is 2.53 bits per heavy atom. The van der Waals surface area contributed by atoms with Crippen molar-refractivity contribution in [2.45, 2.75) is 4.90 Å². The zero-order chi connectivity index (χ0) is 10.5. The second kappa shape index (κ2) is 4.63. The fraction of sp³-hybridized carbons (Fsp3) is 0. The van der Waals surface area contributed by atoms with Crippen molar-refractivity contribution in [1.29, 1.82) is 0 Å². The number of hydrogen-bond acceptors (Lipinski definition) is 1. The number of rotatable bonds is 3. The van der Waals surface area contributed by atoms with E-state index in [-0.39, 0.29) is 0 Å². The monoisotopic (exact) mass is 215 g/mol. The van der Waals surface area contributed by atoms with Crippen LogP contribution in [0, 0.1) is 12.1 Å². The Labute approximate surface area is 91.5 Å². The molecule has 0 saturated carbocycles. The SMILES string of the molecule is O=S(Nc1cc#ccc1)c1ccccc1. The second-order valence-electron chi connectivity index (χ2n) is 2.91. The Balaban J connectivity index is 2.12. The molecule has 15 heavy (non-hydrogen) atoms. The quantitative estimate of drug-likeness (QED) is 0.837. The fourth-order valence-corrected chi connectivity index (χ4v) is 1.98. The Kier molecular flexibility index (Phi) is 3.01. The summed E-state index contributed by atoms with van der Waals surface area (Å²) < 4.78 is 14.7. The summed E-state index contributed by atoms with van der Waals surface area (Å²) in [5.41, 5.74) is 0.774. The van der Waals surface area contributed by atoms with Crippen molar-refractivity contribution in [3.63, 3.8) is 0 Å². The zero-order valence-corrected chi connectivity index (χ0v) is 8.75. The molecule has 2 aromatic carbocycles. The molecule has 0 spiro atoms. The minimum absolute atomic E-state index is 0.755. The summed E-state index contributed by atoms with van der Waals surface area (Å²) in [6, 6.07) is 20.1. The van der Waals surface area contributed by atoms with E-state index in [1.807, 2.05) is 30.3 Å². The Hall–Kier alpha value is -1.79. The number of hydrogen-bond donors (Lipinski definition) is 1. The summed E-state index contributed by atoms with van der Waals surface area (Å²) in [5.74, 6) is 0. The van der Waals surface area contributed by atoms with Crippen LogP contribution in [0.15, 0.2) is 53.4 Å². The smallest absolute Gasteiger partial charge is 0.150 e. The first-order chi connectivity index (χ1) is 7.36. The second-order valence-corrected chi connectivity index (χ2v) is 4.12. The highest BCUT2D eigenvalue weighted by molar-refractivity contribution is 7.86. The first kappa shape index (κ1) is 9.75. The molecule has 0 saturated heterocycles. The Morgan fingerprint density at radius 1 is 1.07 bits per heavy atom. The van der Waals surface area contributed by atoms with Gasteiger partial charge in [-0.2, -0.15) is 0 Å². The maximum Gasteiger partial charge on any atom is 0.150 e. The maximum absolute atomic E-state index is 11.8. The molecule has 0 aromatic heterocycles. The summed E-state index contributed by atoms with van der Waals surface area (Å²) in [6.45, 7) is 0. The summed E-state index contributed by atoms with van der Waals surface area (Å²) in [5, 5.41) is 0. The van der Waals surface area contributed by atoms with E-state index in [0.717, 1.165) is 10.6 Å². The van der Waals surface area contributed by atoms with Crippen molar-refractivity contribution in [2.24, 2.45) is 0 Å². The van der Waals surface area contributed by atoms with Gasteiger partial charge in [0.25, 0.3) is 0 Å². The molecular weight excluding hydrogens is 206 g/mol. The van der Waals surface area contributed by atoms with E-state index in [1.165, 1.54) is 0 Å². The Bertz CT molecular complexity index is 442. The van der Waals surface area contributed by atoms with Crippen LogP contribution in [0.4, 0.5) is 5.69 Å². The lowest BCUT2D eigenvalue weighted by Crippen LogP contribution is -2.03. The third-order valence-electron chi connectivity index (χ3n) is 1.83. The molecule has 2 aromatic rings. The molecule has 0 radical (unpaired) electrons. The lowest BCUT2D eigenvalue weighted by Gasteiger charge is -2.03. The molecule has 0 aliphatic rings. The summed E-state index contributed by atoms with van der Waals surface area (Å²) in [6.07, 6.45) is 0. The average molecular weight is 215 g/mol. The molecule has 2 rings (SSSR count). The summed E-state index contributed by atoms with van der Waals surface area (Å²) in [4.78, 5) is 0.755. The molecule has 0 fully saturated rings. The predicted molar refractivity (Wildman–Crippen MR) is 60.6 cm³/mol. The van der Waals surface area contributed by atoms with Gasteiger partial charge in [0.2, 0.25) is 0 Å². The first-order valence-corrected chi connectivity index (χ1v) is 5.62. The van der Waals surface area contributed by atoms with E-state index in [9.17, 15) is 4.21 Å². The molecule has 0 aliphatic carbocycles. The van der Waals surface area contributed by atoms with Crippen LogP contribution in [-0.4, -0.2) is 4.21 Å². The van der Waals surface area contributed by atoms with Gasteiger partial charge in [-0.15, -0.1) is 0 Å². The van der Waals surface area contributed by atoms with Gasteiger partial charge in [-0.1, -0.05) is 30.3 Å². The van der Waals surface area contributed by atoms with E-state index in [0.29, 0.717) is 0 Å². The standard InChI is InChI=1S/C12H9NOS/c14-15(12-9-5-2-6-10-12)13-11-7-3-1-4-8-11/h2-3,5-10,13H. The topological polar surface area (TPSA) is 29.1 Å². The van der Waals surface area contributed by atoms with E-state index in [2.05, 4.69) is 16.9 Å². The van der Waals surface area contributed by atoms with Crippen LogP contribution >= 0.6 is 0 Å². The minimum Gasteiger partial charge on any atom is -0.300 e. The number of nitrogens with one attached hydrogen (secondary N) is 1. The molecule has 74 valence electrons. The Morgan fingerprint density at radius 2 is 1.87 bits per heavy atom. The normalized spacial score (nSPS) is 11.5. The van der Waals surface area contributed by atoms with Crippen LogP contribution in [0.25, 0.3) is 0 Å². The maximum atomic E-state index is 11.8. The summed E-state index contributed by atoms with van der Waals surface area (Å²) >= 11 is 0. The van der Waals surface area contributed by atoms with Gasteiger partial charge >= 0.3 is 0 Å². The van der Waals surface area contributed by atoms with Crippen LogP contribution in [0.5, 0.6) is 0 Å². The molecular formula is C12H9NOS. The van der Waals surface area contributed by atoms with Crippen LogP contribution in [0.3, 0.4) is 0 Å². The van der Waals surface area contributed by atoms with Crippen LogP contribution in [-0.2, 0) is 11.0 Å². The molecule has 1 unspecified atom stereocenters. The lowest BCUT2D eigenvalue weighted by molar-refractivity contribution is 0.686. The van der Waals surface area contributed by atoms with E-state index in [1.54, 1.807) is 18.2 Å². The highest BCUT2D eigenvalue weighted by Gasteiger charge is 2.01. The van der Waals surface area contributed by atoms with Gasteiger partial charge < -0.3 is 4.72 Å². The third kappa shape index (κ3) is 2.58. The average Bonchev–Trinajstić information content (AvgIpc) is 2.31. The highest BCUT2D eigenvalue weighted by atomic mass is 32.2.